The number of likely N-dealkylation sites (N-methyl/N-ethyl adjacent to an activating group) is 1. The molecular weight excluding hydrogens is 607 g/mol. The first-order chi connectivity index (χ1) is 21.8. The largest absolute Gasteiger partial charge is 0.350 e. The zero-order valence-electron chi connectivity index (χ0n) is 25.9. The summed E-state index contributed by atoms with van der Waals surface area (Å²) in [6, 6.07) is 24.9. The van der Waals surface area contributed by atoms with Gasteiger partial charge in [0.05, 0.1) is 10.0 Å². The quantitative estimate of drug-likeness (QED) is 0.261. The van der Waals surface area contributed by atoms with Crippen LogP contribution in [0.25, 0.3) is 0 Å². The molecule has 0 aromatic heterocycles. The molecule has 7 nitrogen and oxygen atoms in total. The standard InChI is InChI=1S/C36H42Cl2N4O3/c1-40(34(44)28-12-6-3-7-13-28)26-30(29-15-16-31(37)32(38)24-29)17-21-41-22-18-36(19-23-41,42-20-9-8-14-33(42)43)35(45)39-25-27-10-4-2-5-11-27/h2-7,10-13,15-16,24,30H,8-9,14,17-23,25-26H2,1H3,(H,39,45)/t30-/m1/s1. The van der Waals surface area contributed by atoms with Crippen molar-refractivity contribution in [2.75, 3.05) is 39.8 Å². The minimum absolute atomic E-state index is 0.0296. The summed E-state index contributed by atoms with van der Waals surface area (Å²) >= 11 is 12.7. The van der Waals surface area contributed by atoms with E-state index < -0.39 is 5.54 Å². The van der Waals surface area contributed by atoms with Gasteiger partial charge in [-0.2, -0.15) is 0 Å². The molecule has 0 saturated carbocycles. The number of carbonyl (C=O) groups excluding carboxylic acids is 3. The minimum Gasteiger partial charge on any atom is -0.350 e. The lowest BCUT2D eigenvalue weighted by molar-refractivity contribution is -0.153. The fourth-order valence-corrected chi connectivity index (χ4v) is 6.96. The summed E-state index contributed by atoms with van der Waals surface area (Å²) in [5.41, 5.74) is 1.88. The Kier molecular flexibility index (Phi) is 11.2. The maximum Gasteiger partial charge on any atom is 0.253 e. The predicted octanol–water partition coefficient (Wildman–Crippen LogP) is 6.40. The summed E-state index contributed by atoms with van der Waals surface area (Å²) in [6.07, 6.45) is 4.26. The van der Waals surface area contributed by atoms with Crippen LogP contribution in [0.3, 0.4) is 0 Å². The van der Waals surface area contributed by atoms with Gasteiger partial charge in [-0.15, -0.1) is 0 Å². The zero-order chi connectivity index (χ0) is 31.8. The van der Waals surface area contributed by atoms with Gasteiger partial charge in [0, 0.05) is 57.7 Å². The maximum absolute atomic E-state index is 13.9. The van der Waals surface area contributed by atoms with Crippen LogP contribution in [0.4, 0.5) is 0 Å². The Balaban J connectivity index is 1.27. The molecule has 0 aliphatic carbocycles. The molecule has 2 aliphatic heterocycles. The number of nitrogens with one attached hydrogen (secondary N) is 1. The molecule has 1 N–H and O–H groups in total. The topological polar surface area (TPSA) is 73.0 Å². The second-order valence-corrected chi connectivity index (χ2v) is 13.1. The third-order valence-corrected chi connectivity index (χ3v) is 10.1. The van der Waals surface area contributed by atoms with Crippen molar-refractivity contribution >= 4 is 40.9 Å². The van der Waals surface area contributed by atoms with E-state index in [1.165, 1.54) is 0 Å². The first-order valence-electron chi connectivity index (χ1n) is 15.9. The van der Waals surface area contributed by atoms with Crippen molar-refractivity contribution in [2.24, 2.45) is 0 Å². The van der Waals surface area contributed by atoms with E-state index in [0.717, 1.165) is 36.9 Å². The molecule has 3 aromatic carbocycles. The van der Waals surface area contributed by atoms with Gasteiger partial charge in [-0.3, -0.25) is 14.4 Å². The fraction of sp³-hybridized carbons (Fsp3) is 0.417. The summed E-state index contributed by atoms with van der Waals surface area (Å²) < 4.78 is 0. The molecule has 0 radical (unpaired) electrons. The molecule has 3 amide bonds. The van der Waals surface area contributed by atoms with Gasteiger partial charge in [0.2, 0.25) is 11.8 Å². The lowest BCUT2D eigenvalue weighted by atomic mass is 9.82. The average Bonchev–Trinajstić information content (AvgIpc) is 3.07. The van der Waals surface area contributed by atoms with Crippen molar-refractivity contribution in [2.45, 2.75) is 56.5 Å². The van der Waals surface area contributed by atoms with E-state index in [1.807, 2.05) is 90.8 Å². The SMILES string of the molecule is CN(C[C@@H](CCN1CCC(C(=O)NCc2ccccc2)(N2CCCCC2=O)CC1)c1ccc(Cl)c(Cl)c1)C(=O)c1ccccc1. The molecule has 2 fully saturated rings. The smallest absolute Gasteiger partial charge is 0.253 e. The lowest BCUT2D eigenvalue weighted by Crippen LogP contribution is -2.65. The normalized spacial score (nSPS) is 17.5. The number of piperidine rings is 2. The molecule has 2 aliphatic rings. The Bertz CT molecular complexity index is 1460. The van der Waals surface area contributed by atoms with Crippen molar-refractivity contribution in [3.63, 3.8) is 0 Å². The van der Waals surface area contributed by atoms with Crippen molar-refractivity contribution in [3.05, 3.63) is 106 Å². The van der Waals surface area contributed by atoms with Gasteiger partial charge in [-0.1, -0.05) is 77.8 Å². The summed E-state index contributed by atoms with van der Waals surface area (Å²) in [5, 5.41) is 4.15. The molecule has 5 rings (SSSR count). The molecule has 0 unspecified atom stereocenters. The Labute approximate surface area is 276 Å². The van der Waals surface area contributed by atoms with Gasteiger partial charge in [0.1, 0.15) is 5.54 Å². The molecule has 45 heavy (non-hydrogen) atoms. The summed E-state index contributed by atoms with van der Waals surface area (Å²) in [5.74, 6) is 0.0180. The highest BCUT2D eigenvalue weighted by molar-refractivity contribution is 6.42. The zero-order valence-corrected chi connectivity index (χ0v) is 27.4. The molecule has 2 saturated heterocycles. The van der Waals surface area contributed by atoms with E-state index in [0.29, 0.717) is 67.6 Å². The Hall–Kier alpha value is -3.39. The van der Waals surface area contributed by atoms with E-state index in [1.54, 1.807) is 4.90 Å². The van der Waals surface area contributed by atoms with Crippen LogP contribution in [0.1, 0.15) is 65.9 Å². The Morgan fingerprint density at radius 1 is 0.911 bits per heavy atom. The summed E-state index contributed by atoms with van der Waals surface area (Å²) in [4.78, 5) is 46.2. The average molecular weight is 650 g/mol. The summed E-state index contributed by atoms with van der Waals surface area (Å²) in [6.45, 7) is 3.78. The first-order valence-corrected chi connectivity index (χ1v) is 16.6. The van der Waals surface area contributed by atoms with Crippen LogP contribution in [0, 0.1) is 0 Å². The van der Waals surface area contributed by atoms with Gasteiger partial charge < -0.3 is 20.0 Å². The molecule has 0 bridgehead atoms. The molecule has 238 valence electrons. The fourth-order valence-electron chi connectivity index (χ4n) is 6.65. The van der Waals surface area contributed by atoms with Crippen molar-refractivity contribution < 1.29 is 14.4 Å². The number of nitrogens with zero attached hydrogens (tertiary/aromatic N) is 3. The second kappa shape index (κ2) is 15.3. The number of amides is 3. The van der Waals surface area contributed by atoms with Crippen LogP contribution in [0.2, 0.25) is 10.0 Å². The van der Waals surface area contributed by atoms with Gasteiger partial charge in [-0.05, 0) is 74.0 Å². The van der Waals surface area contributed by atoms with E-state index in [-0.39, 0.29) is 23.6 Å². The van der Waals surface area contributed by atoms with Crippen molar-refractivity contribution in [3.8, 4) is 0 Å². The number of rotatable bonds is 11. The second-order valence-electron chi connectivity index (χ2n) is 12.3. The van der Waals surface area contributed by atoms with Crippen LogP contribution in [-0.2, 0) is 16.1 Å². The third kappa shape index (κ3) is 8.07. The van der Waals surface area contributed by atoms with Crippen LogP contribution in [-0.4, -0.2) is 77.7 Å². The predicted molar refractivity (Wildman–Crippen MR) is 179 cm³/mol. The highest BCUT2D eigenvalue weighted by Gasteiger charge is 2.48. The van der Waals surface area contributed by atoms with E-state index >= 15 is 0 Å². The number of benzene rings is 3. The van der Waals surface area contributed by atoms with Crippen LogP contribution in [0.15, 0.2) is 78.9 Å². The highest BCUT2D eigenvalue weighted by atomic mass is 35.5. The molecule has 9 heteroatoms. The third-order valence-electron chi connectivity index (χ3n) is 9.31. The van der Waals surface area contributed by atoms with Crippen LogP contribution >= 0.6 is 23.2 Å². The minimum atomic E-state index is -0.839. The van der Waals surface area contributed by atoms with Crippen molar-refractivity contribution in [1.29, 1.82) is 0 Å². The number of likely N-dealkylation sites (tertiary alicyclic amines) is 2. The molecule has 2 heterocycles. The number of carbonyl (C=O) groups is 3. The molecule has 3 aromatic rings. The van der Waals surface area contributed by atoms with Crippen LogP contribution in [0.5, 0.6) is 0 Å². The monoisotopic (exact) mass is 648 g/mol. The van der Waals surface area contributed by atoms with E-state index in [4.69, 9.17) is 23.2 Å². The Morgan fingerprint density at radius 2 is 1.60 bits per heavy atom. The lowest BCUT2D eigenvalue weighted by Gasteiger charge is -2.49. The summed E-state index contributed by atoms with van der Waals surface area (Å²) in [7, 11) is 1.83. The number of hydrogen-bond donors (Lipinski definition) is 1. The molecule has 1 atom stereocenters. The van der Waals surface area contributed by atoms with Crippen molar-refractivity contribution in [1.82, 2.24) is 20.0 Å². The van der Waals surface area contributed by atoms with Gasteiger partial charge in [0.15, 0.2) is 0 Å². The molecular formula is C36H42Cl2N4O3. The number of hydrogen-bond acceptors (Lipinski definition) is 4. The Morgan fingerprint density at radius 3 is 2.27 bits per heavy atom. The van der Waals surface area contributed by atoms with E-state index in [2.05, 4.69) is 10.2 Å². The van der Waals surface area contributed by atoms with Gasteiger partial charge in [-0.25, -0.2) is 0 Å². The first kappa shape index (κ1) is 33.0. The van der Waals surface area contributed by atoms with Gasteiger partial charge in [0.25, 0.3) is 5.91 Å². The van der Waals surface area contributed by atoms with Crippen LogP contribution < -0.4 is 5.32 Å². The number of halogens is 2. The highest BCUT2D eigenvalue weighted by Crippen LogP contribution is 2.34. The maximum atomic E-state index is 13.9. The molecule has 0 spiro atoms. The van der Waals surface area contributed by atoms with E-state index in [9.17, 15) is 14.4 Å². The van der Waals surface area contributed by atoms with Gasteiger partial charge >= 0.3 is 0 Å².